The maximum Gasteiger partial charge on any atom is 0.251 e. The zero-order valence-corrected chi connectivity index (χ0v) is 10.4. The predicted molar refractivity (Wildman–Crippen MR) is 68.2 cm³/mol. The Bertz CT molecular complexity index is 542. The van der Waals surface area contributed by atoms with Gasteiger partial charge in [-0.25, -0.2) is 4.39 Å². The molecule has 0 fully saturated rings. The summed E-state index contributed by atoms with van der Waals surface area (Å²) in [5, 5.41) is 6.74. The molecule has 0 saturated heterocycles. The standard InChI is InChI=1S/C12H12FN3OS/c13-10-3-2-9(8-11(10)18)12(17)14-5-7-16-6-1-4-15-16/h1-4,6,8,18H,5,7H2,(H,14,17). The molecular weight excluding hydrogens is 253 g/mol. The molecule has 1 heterocycles. The first-order chi connectivity index (χ1) is 8.66. The summed E-state index contributed by atoms with van der Waals surface area (Å²) in [4.78, 5) is 11.9. The van der Waals surface area contributed by atoms with Gasteiger partial charge in [0.05, 0.1) is 6.54 Å². The van der Waals surface area contributed by atoms with Gasteiger partial charge in [0, 0.05) is 29.4 Å². The van der Waals surface area contributed by atoms with E-state index < -0.39 is 5.82 Å². The summed E-state index contributed by atoms with van der Waals surface area (Å²) in [7, 11) is 0. The number of hydrogen-bond donors (Lipinski definition) is 2. The Kier molecular flexibility index (Phi) is 3.99. The molecule has 4 nitrogen and oxygen atoms in total. The fourth-order valence-electron chi connectivity index (χ4n) is 1.47. The first-order valence-corrected chi connectivity index (χ1v) is 5.85. The molecule has 1 aromatic carbocycles. The number of aromatic nitrogens is 2. The smallest absolute Gasteiger partial charge is 0.251 e. The van der Waals surface area contributed by atoms with E-state index >= 15 is 0 Å². The Morgan fingerprint density at radius 2 is 2.33 bits per heavy atom. The van der Waals surface area contributed by atoms with Crippen LogP contribution in [0.5, 0.6) is 0 Å². The SMILES string of the molecule is O=C(NCCn1cccn1)c1ccc(F)c(S)c1. The summed E-state index contributed by atoms with van der Waals surface area (Å²) in [6.45, 7) is 1.05. The Labute approximate surface area is 109 Å². The normalized spacial score (nSPS) is 10.3. The maximum atomic E-state index is 13.0. The van der Waals surface area contributed by atoms with Crippen molar-refractivity contribution in [2.75, 3.05) is 6.54 Å². The molecule has 1 N–H and O–H groups in total. The van der Waals surface area contributed by atoms with Gasteiger partial charge in [-0.1, -0.05) is 0 Å². The minimum Gasteiger partial charge on any atom is -0.350 e. The second kappa shape index (κ2) is 5.68. The van der Waals surface area contributed by atoms with Crippen LogP contribution in [0.15, 0.2) is 41.6 Å². The summed E-state index contributed by atoms with van der Waals surface area (Å²) in [6, 6.07) is 5.87. The maximum absolute atomic E-state index is 13.0. The van der Waals surface area contributed by atoms with E-state index in [1.165, 1.54) is 18.2 Å². The van der Waals surface area contributed by atoms with Gasteiger partial charge in [-0.05, 0) is 24.3 Å². The average Bonchev–Trinajstić information content (AvgIpc) is 2.85. The molecule has 6 heteroatoms. The van der Waals surface area contributed by atoms with Crippen molar-refractivity contribution in [2.24, 2.45) is 0 Å². The van der Waals surface area contributed by atoms with Gasteiger partial charge in [-0.15, -0.1) is 12.6 Å². The van der Waals surface area contributed by atoms with E-state index in [-0.39, 0.29) is 10.8 Å². The molecule has 0 aliphatic heterocycles. The van der Waals surface area contributed by atoms with Gasteiger partial charge >= 0.3 is 0 Å². The number of halogens is 1. The number of hydrogen-bond acceptors (Lipinski definition) is 3. The second-order valence-corrected chi connectivity index (χ2v) is 4.17. The summed E-state index contributed by atoms with van der Waals surface area (Å²) in [5.41, 5.74) is 0.391. The molecule has 0 spiro atoms. The van der Waals surface area contributed by atoms with E-state index in [0.29, 0.717) is 18.7 Å². The monoisotopic (exact) mass is 265 g/mol. The van der Waals surface area contributed by atoms with Crippen molar-refractivity contribution in [1.29, 1.82) is 0 Å². The molecule has 0 aliphatic carbocycles. The lowest BCUT2D eigenvalue weighted by Gasteiger charge is -2.06. The molecule has 2 aromatic rings. The highest BCUT2D eigenvalue weighted by Crippen LogP contribution is 2.13. The fourth-order valence-corrected chi connectivity index (χ4v) is 1.69. The number of carbonyl (C=O) groups excluding carboxylic acids is 1. The Hall–Kier alpha value is -1.82. The Morgan fingerprint density at radius 1 is 1.50 bits per heavy atom. The van der Waals surface area contributed by atoms with Gasteiger partial charge in [-0.3, -0.25) is 9.48 Å². The van der Waals surface area contributed by atoms with Crippen molar-refractivity contribution in [3.8, 4) is 0 Å². The molecule has 0 aliphatic rings. The number of nitrogens with one attached hydrogen (secondary N) is 1. The molecule has 2 rings (SSSR count). The largest absolute Gasteiger partial charge is 0.350 e. The van der Waals surface area contributed by atoms with E-state index in [1.807, 2.05) is 12.3 Å². The number of carbonyl (C=O) groups is 1. The van der Waals surface area contributed by atoms with Crippen LogP contribution in [-0.4, -0.2) is 22.2 Å². The molecule has 0 saturated carbocycles. The highest BCUT2D eigenvalue weighted by molar-refractivity contribution is 7.80. The van der Waals surface area contributed by atoms with Crippen LogP contribution in [0.3, 0.4) is 0 Å². The lowest BCUT2D eigenvalue weighted by Crippen LogP contribution is -2.27. The molecule has 1 aromatic heterocycles. The summed E-state index contributed by atoms with van der Waals surface area (Å²) < 4.78 is 14.7. The third kappa shape index (κ3) is 3.10. The minimum atomic E-state index is -0.438. The van der Waals surface area contributed by atoms with Gasteiger partial charge in [0.15, 0.2) is 0 Å². The molecule has 1 amide bonds. The van der Waals surface area contributed by atoms with Crippen molar-refractivity contribution in [2.45, 2.75) is 11.4 Å². The zero-order chi connectivity index (χ0) is 13.0. The molecular formula is C12H12FN3OS. The second-order valence-electron chi connectivity index (χ2n) is 3.69. The lowest BCUT2D eigenvalue weighted by atomic mass is 10.2. The molecule has 18 heavy (non-hydrogen) atoms. The first kappa shape index (κ1) is 12.6. The van der Waals surface area contributed by atoms with E-state index in [9.17, 15) is 9.18 Å². The topological polar surface area (TPSA) is 46.9 Å². The van der Waals surface area contributed by atoms with E-state index in [0.717, 1.165) is 0 Å². The van der Waals surface area contributed by atoms with Crippen LogP contribution in [0.4, 0.5) is 4.39 Å². The molecule has 0 atom stereocenters. The van der Waals surface area contributed by atoms with Crippen LogP contribution >= 0.6 is 12.6 Å². The zero-order valence-electron chi connectivity index (χ0n) is 9.51. The van der Waals surface area contributed by atoms with Gasteiger partial charge in [-0.2, -0.15) is 5.10 Å². The molecule has 0 radical (unpaired) electrons. The molecule has 0 unspecified atom stereocenters. The van der Waals surface area contributed by atoms with Crippen molar-refractivity contribution < 1.29 is 9.18 Å². The minimum absolute atomic E-state index is 0.162. The third-order valence-corrected chi connectivity index (χ3v) is 2.74. The number of amides is 1. The molecule has 0 bridgehead atoms. The van der Waals surface area contributed by atoms with Gasteiger partial charge in [0.25, 0.3) is 5.91 Å². The lowest BCUT2D eigenvalue weighted by molar-refractivity contribution is 0.0951. The molecule has 94 valence electrons. The number of thiol groups is 1. The highest BCUT2D eigenvalue weighted by atomic mass is 32.1. The van der Waals surface area contributed by atoms with Crippen molar-refractivity contribution in [3.05, 3.63) is 48.0 Å². The fraction of sp³-hybridized carbons (Fsp3) is 0.167. The first-order valence-electron chi connectivity index (χ1n) is 5.41. The van der Waals surface area contributed by atoms with Crippen molar-refractivity contribution >= 4 is 18.5 Å². The quantitative estimate of drug-likeness (QED) is 0.827. The van der Waals surface area contributed by atoms with E-state index in [1.54, 1.807) is 10.9 Å². The number of nitrogens with zero attached hydrogens (tertiary/aromatic N) is 2. The van der Waals surface area contributed by atoms with Gasteiger partial charge in [0.1, 0.15) is 5.82 Å². The van der Waals surface area contributed by atoms with E-state index in [4.69, 9.17) is 0 Å². The van der Waals surface area contributed by atoms with Crippen LogP contribution in [0, 0.1) is 5.82 Å². The van der Waals surface area contributed by atoms with Crippen LogP contribution in [-0.2, 0) is 6.54 Å². The Morgan fingerprint density at radius 3 is 3.00 bits per heavy atom. The van der Waals surface area contributed by atoms with Crippen molar-refractivity contribution in [3.63, 3.8) is 0 Å². The van der Waals surface area contributed by atoms with Gasteiger partial charge in [0.2, 0.25) is 0 Å². The number of benzene rings is 1. The van der Waals surface area contributed by atoms with Gasteiger partial charge < -0.3 is 5.32 Å². The van der Waals surface area contributed by atoms with Crippen LogP contribution in [0.25, 0.3) is 0 Å². The highest BCUT2D eigenvalue weighted by Gasteiger charge is 2.07. The number of rotatable bonds is 4. The summed E-state index contributed by atoms with van der Waals surface area (Å²) in [5.74, 6) is -0.691. The summed E-state index contributed by atoms with van der Waals surface area (Å²) in [6.07, 6.45) is 3.49. The predicted octanol–water partition coefficient (Wildman–Crippen LogP) is 1.74. The Balaban J connectivity index is 1.89. The van der Waals surface area contributed by atoms with E-state index in [2.05, 4.69) is 23.0 Å². The third-order valence-electron chi connectivity index (χ3n) is 2.39. The summed E-state index contributed by atoms with van der Waals surface area (Å²) >= 11 is 3.93. The average molecular weight is 265 g/mol. The van der Waals surface area contributed by atoms with Crippen LogP contribution < -0.4 is 5.32 Å². The van der Waals surface area contributed by atoms with Crippen molar-refractivity contribution in [1.82, 2.24) is 15.1 Å². The van der Waals surface area contributed by atoms with Crippen LogP contribution in [0.2, 0.25) is 0 Å². The van der Waals surface area contributed by atoms with Crippen LogP contribution in [0.1, 0.15) is 10.4 Å².